The molecule has 0 amide bonds. The molecular weight excluding hydrogens is 134 g/mol. The van der Waals surface area contributed by atoms with E-state index in [9.17, 15) is 0 Å². The van der Waals surface area contributed by atoms with E-state index in [1.165, 1.54) is 11.4 Å². The van der Waals surface area contributed by atoms with Crippen LogP contribution in [0.2, 0.25) is 0 Å². The Morgan fingerprint density at radius 2 is 1.27 bits per heavy atom. The fourth-order valence-electron chi connectivity index (χ4n) is 0.743. The first-order valence-corrected chi connectivity index (χ1v) is 3.81. The Bertz CT molecular complexity index is 167. The number of aromatic nitrogens is 1. The van der Waals surface area contributed by atoms with Gasteiger partial charge in [0.15, 0.2) is 0 Å². The molecule has 0 aliphatic heterocycles. The SMILES string of the molecule is C.CC.Cc1ccc(C)n1C. The van der Waals surface area contributed by atoms with Crippen LogP contribution in [0.1, 0.15) is 32.7 Å². The van der Waals surface area contributed by atoms with E-state index < -0.39 is 0 Å². The Morgan fingerprint density at radius 1 is 1.00 bits per heavy atom. The zero-order valence-electron chi connectivity index (χ0n) is 7.60. The zero-order chi connectivity index (χ0) is 8.15. The second-order valence-corrected chi connectivity index (χ2v) is 2.18. The predicted molar refractivity (Wildman–Crippen MR) is 53.0 cm³/mol. The van der Waals surface area contributed by atoms with E-state index in [0.29, 0.717) is 0 Å². The van der Waals surface area contributed by atoms with Crippen LogP contribution in [0, 0.1) is 13.8 Å². The largest absolute Gasteiger partial charge is 0.352 e. The predicted octanol–water partition coefficient (Wildman–Crippen LogP) is 3.30. The van der Waals surface area contributed by atoms with Gasteiger partial charge in [0, 0.05) is 18.4 Å². The number of rotatable bonds is 0. The lowest BCUT2D eigenvalue weighted by molar-refractivity contribution is 0.844. The second kappa shape index (κ2) is 6.02. The van der Waals surface area contributed by atoms with Crippen LogP contribution in [0.15, 0.2) is 12.1 Å². The van der Waals surface area contributed by atoms with Gasteiger partial charge in [-0.05, 0) is 26.0 Å². The average molecular weight is 155 g/mol. The molecule has 0 saturated heterocycles. The van der Waals surface area contributed by atoms with E-state index >= 15 is 0 Å². The standard InChI is InChI=1S/C7H11N.C2H6.CH4/c1-6-4-5-7(2)8(6)3;1-2;/h4-5H,1-3H3;1-2H3;1H4. The molecule has 0 unspecified atom stereocenters. The van der Waals surface area contributed by atoms with Crippen molar-refractivity contribution in [1.82, 2.24) is 4.57 Å². The van der Waals surface area contributed by atoms with Gasteiger partial charge in [-0.25, -0.2) is 0 Å². The molecular formula is C10H21N. The van der Waals surface area contributed by atoms with E-state index in [0.717, 1.165) is 0 Å². The van der Waals surface area contributed by atoms with E-state index in [2.05, 4.69) is 37.6 Å². The number of hydrogen-bond donors (Lipinski definition) is 0. The van der Waals surface area contributed by atoms with Crippen molar-refractivity contribution in [1.29, 1.82) is 0 Å². The number of aryl methyl sites for hydroxylation is 2. The lowest BCUT2D eigenvalue weighted by atomic mass is 10.5. The monoisotopic (exact) mass is 155 g/mol. The van der Waals surface area contributed by atoms with Crippen molar-refractivity contribution in [2.75, 3.05) is 0 Å². The highest BCUT2D eigenvalue weighted by Gasteiger charge is 1.90. The molecule has 0 fully saturated rings. The van der Waals surface area contributed by atoms with Gasteiger partial charge in [0.05, 0.1) is 0 Å². The van der Waals surface area contributed by atoms with Crippen LogP contribution in [0.3, 0.4) is 0 Å². The summed E-state index contributed by atoms with van der Waals surface area (Å²) >= 11 is 0. The van der Waals surface area contributed by atoms with Gasteiger partial charge in [-0.15, -0.1) is 0 Å². The molecule has 0 radical (unpaired) electrons. The first kappa shape index (κ1) is 12.9. The summed E-state index contributed by atoms with van der Waals surface area (Å²) in [6.45, 7) is 8.21. The highest BCUT2D eigenvalue weighted by atomic mass is 14.9. The molecule has 0 aromatic carbocycles. The quantitative estimate of drug-likeness (QED) is 0.541. The molecule has 0 spiro atoms. The van der Waals surface area contributed by atoms with E-state index in [1.807, 2.05) is 13.8 Å². The summed E-state index contributed by atoms with van der Waals surface area (Å²) in [5, 5.41) is 0. The summed E-state index contributed by atoms with van der Waals surface area (Å²) in [6, 6.07) is 4.24. The minimum atomic E-state index is 0. The van der Waals surface area contributed by atoms with Gasteiger partial charge in [-0.1, -0.05) is 21.3 Å². The van der Waals surface area contributed by atoms with Crippen molar-refractivity contribution in [2.24, 2.45) is 7.05 Å². The Hall–Kier alpha value is -0.720. The van der Waals surface area contributed by atoms with E-state index in [1.54, 1.807) is 0 Å². The first-order chi connectivity index (χ1) is 4.72. The molecule has 0 atom stereocenters. The molecule has 1 aromatic rings. The number of hydrogen-bond acceptors (Lipinski definition) is 0. The van der Waals surface area contributed by atoms with Crippen molar-refractivity contribution in [2.45, 2.75) is 35.1 Å². The van der Waals surface area contributed by atoms with Crippen molar-refractivity contribution >= 4 is 0 Å². The van der Waals surface area contributed by atoms with Crippen molar-refractivity contribution in [3.63, 3.8) is 0 Å². The zero-order valence-corrected chi connectivity index (χ0v) is 7.60. The summed E-state index contributed by atoms with van der Waals surface area (Å²) in [4.78, 5) is 0. The third-order valence-electron chi connectivity index (χ3n) is 1.62. The summed E-state index contributed by atoms with van der Waals surface area (Å²) in [6.07, 6.45) is 0. The van der Waals surface area contributed by atoms with E-state index in [4.69, 9.17) is 0 Å². The Balaban J connectivity index is 0. The Morgan fingerprint density at radius 3 is 1.36 bits per heavy atom. The topological polar surface area (TPSA) is 4.93 Å². The molecule has 1 rings (SSSR count). The van der Waals surface area contributed by atoms with Gasteiger partial charge in [0.2, 0.25) is 0 Å². The number of nitrogens with zero attached hydrogens (tertiary/aromatic N) is 1. The van der Waals surface area contributed by atoms with Crippen molar-refractivity contribution < 1.29 is 0 Å². The van der Waals surface area contributed by atoms with Crippen LogP contribution in [0.5, 0.6) is 0 Å². The smallest absolute Gasteiger partial charge is 0.0143 e. The molecule has 1 heterocycles. The molecule has 0 saturated carbocycles. The highest BCUT2D eigenvalue weighted by molar-refractivity contribution is 5.12. The molecule has 1 heteroatoms. The van der Waals surface area contributed by atoms with Gasteiger partial charge >= 0.3 is 0 Å². The fourth-order valence-corrected chi connectivity index (χ4v) is 0.743. The van der Waals surface area contributed by atoms with Gasteiger partial charge in [-0.3, -0.25) is 0 Å². The normalized spacial score (nSPS) is 7.73. The van der Waals surface area contributed by atoms with Crippen LogP contribution < -0.4 is 0 Å². The van der Waals surface area contributed by atoms with Crippen LogP contribution in [0.4, 0.5) is 0 Å². The van der Waals surface area contributed by atoms with Crippen LogP contribution in [-0.2, 0) is 7.05 Å². The summed E-state index contributed by atoms with van der Waals surface area (Å²) in [5.41, 5.74) is 2.64. The third kappa shape index (κ3) is 3.26. The van der Waals surface area contributed by atoms with Crippen LogP contribution in [0.25, 0.3) is 0 Å². The lowest BCUT2D eigenvalue weighted by Crippen LogP contribution is -1.91. The van der Waals surface area contributed by atoms with Gasteiger partial charge in [0.1, 0.15) is 0 Å². The second-order valence-electron chi connectivity index (χ2n) is 2.18. The first-order valence-electron chi connectivity index (χ1n) is 3.81. The lowest BCUT2D eigenvalue weighted by Gasteiger charge is -1.96. The van der Waals surface area contributed by atoms with E-state index in [-0.39, 0.29) is 7.43 Å². The maximum atomic E-state index is 2.17. The molecule has 1 nitrogen and oxygen atoms in total. The summed E-state index contributed by atoms with van der Waals surface area (Å²) in [7, 11) is 2.07. The average Bonchev–Trinajstić information content (AvgIpc) is 2.25. The van der Waals surface area contributed by atoms with Gasteiger partial charge in [-0.2, -0.15) is 0 Å². The molecule has 1 aromatic heterocycles. The minimum absolute atomic E-state index is 0. The van der Waals surface area contributed by atoms with Crippen LogP contribution in [-0.4, -0.2) is 4.57 Å². The summed E-state index contributed by atoms with van der Waals surface area (Å²) < 4.78 is 2.17. The third-order valence-corrected chi connectivity index (χ3v) is 1.62. The maximum Gasteiger partial charge on any atom is 0.0143 e. The molecule has 11 heavy (non-hydrogen) atoms. The van der Waals surface area contributed by atoms with Crippen molar-refractivity contribution in [3.8, 4) is 0 Å². The fraction of sp³-hybridized carbons (Fsp3) is 0.600. The van der Waals surface area contributed by atoms with Gasteiger partial charge in [0.25, 0.3) is 0 Å². The molecule has 0 aliphatic rings. The van der Waals surface area contributed by atoms with Crippen molar-refractivity contribution in [3.05, 3.63) is 23.5 Å². The molecule has 0 aliphatic carbocycles. The Labute approximate surface area is 71.1 Å². The maximum absolute atomic E-state index is 2.17. The molecule has 0 N–H and O–H groups in total. The Kier molecular flexibility index (Phi) is 7.07. The van der Waals surface area contributed by atoms with Gasteiger partial charge < -0.3 is 4.57 Å². The summed E-state index contributed by atoms with van der Waals surface area (Å²) in [5.74, 6) is 0. The molecule has 66 valence electrons. The minimum Gasteiger partial charge on any atom is -0.352 e. The van der Waals surface area contributed by atoms with Crippen LogP contribution >= 0.6 is 0 Å². The highest BCUT2D eigenvalue weighted by Crippen LogP contribution is 2.02. The molecule has 0 bridgehead atoms.